The van der Waals surface area contributed by atoms with Gasteiger partial charge in [-0.15, -0.1) is 11.3 Å². The van der Waals surface area contributed by atoms with Gasteiger partial charge in [-0.2, -0.15) is 0 Å². The Morgan fingerprint density at radius 1 is 0.162 bits per heavy atom. The van der Waals surface area contributed by atoms with E-state index < -0.39 is 10.8 Å². The van der Waals surface area contributed by atoms with E-state index in [1.165, 1.54) is 98.1 Å². The Hall–Kier alpha value is -16.8. The van der Waals surface area contributed by atoms with Gasteiger partial charge in [0.25, 0.3) is 0 Å². The predicted molar refractivity (Wildman–Crippen MR) is 534 cm³/mol. The van der Waals surface area contributed by atoms with Crippen LogP contribution in [-0.4, -0.2) is 29.9 Å². The van der Waals surface area contributed by atoms with Crippen LogP contribution in [0.3, 0.4) is 0 Å². The molecule has 4 aromatic heterocycles. The fourth-order valence-corrected chi connectivity index (χ4v) is 21.1. The summed E-state index contributed by atoms with van der Waals surface area (Å²) in [6, 6.07) is 169. The number of thiophene rings is 1. The van der Waals surface area contributed by atoms with E-state index in [0.717, 1.165) is 99.8 Å². The maximum Gasteiger partial charge on any atom is 0.164 e. The summed E-state index contributed by atoms with van der Waals surface area (Å²) in [4.78, 5) is 30.8. The van der Waals surface area contributed by atoms with Crippen LogP contribution in [0, 0.1) is 0 Å². The van der Waals surface area contributed by atoms with Gasteiger partial charge in [0.15, 0.2) is 34.9 Å². The maximum atomic E-state index is 6.82. The van der Waals surface area contributed by atoms with Crippen molar-refractivity contribution in [2.75, 3.05) is 0 Å². The molecule has 0 fully saturated rings. The lowest BCUT2D eigenvalue weighted by atomic mass is 9.67. The summed E-state index contributed by atoms with van der Waals surface area (Å²) in [5.41, 5.74) is 32.7. The highest BCUT2D eigenvalue weighted by Gasteiger charge is 2.48. The van der Waals surface area contributed by atoms with Gasteiger partial charge >= 0.3 is 0 Å². The van der Waals surface area contributed by atoms with Crippen LogP contribution < -0.4 is 0 Å². The minimum Gasteiger partial charge on any atom is -0.456 e. The number of aromatic nitrogens is 6. The lowest BCUT2D eigenvalue weighted by molar-refractivity contribution is 0.666. The summed E-state index contributed by atoms with van der Waals surface area (Å²) in [6.45, 7) is 0. The molecule has 130 heavy (non-hydrogen) atoms. The lowest BCUT2D eigenvalue weighted by Crippen LogP contribution is -2.28. The van der Waals surface area contributed by atoms with Crippen LogP contribution in [0.4, 0.5) is 0 Å². The number of nitrogens with zero attached hydrogens (tertiary/aromatic N) is 6. The fourth-order valence-electron chi connectivity index (χ4n) is 20.0. The zero-order chi connectivity index (χ0) is 86.1. The molecule has 0 saturated heterocycles. The van der Waals surface area contributed by atoms with Crippen molar-refractivity contribution >= 4 is 53.4 Å². The molecule has 4 heterocycles. The second-order valence-electron chi connectivity index (χ2n) is 33.4. The molecule has 0 bridgehead atoms. The van der Waals surface area contributed by atoms with Crippen LogP contribution in [0.5, 0.6) is 0 Å². The third kappa shape index (κ3) is 13.3. The second kappa shape index (κ2) is 32.3. The van der Waals surface area contributed by atoms with E-state index in [1.54, 1.807) is 0 Å². The summed E-state index contributed by atoms with van der Waals surface area (Å²) in [6.07, 6.45) is 0. The normalized spacial score (nSPS) is 12.6. The van der Waals surface area contributed by atoms with Crippen LogP contribution in [0.1, 0.15) is 44.5 Å². The molecular formula is C122H78N6OS. The third-order valence-electron chi connectivity index (χ3n) is 26.1. The quantitative estimate of drug-likeness (QED) is 0.101. The van der Waals surface area contributed by atoms with Gasteiger partial charge in [-0.05, 0) is 177 Å². The Morgan fingerprint density at radius 2 is 0.446 bits per heavy atom. The van der Waals surface area contributed by atoms with Crippen molar-refractivity contribution < 1.29 is 4.42 Å². The topological polar surface area (TPSA) is 90.5 Å². The van der Waals surface area contributed by atoms with Crippen LogP contribution >= 0.6 is 11.3 Å². The molecule has 0 amide bonds. The van der Waals surface area contributed by atoms with E-state index >= 15 is 0 Å². The fraction of sp³-hybridized carbons (Fsp3) is 0.0164. The van der Waals surface area contributed by atoms with Crippen molar-refractivity contribution in [2.45, 2.75) is 10.8 Å². The van der Waals surface area contributed by atoms with Crippen molar-refractivity contribution in [1.29, 1.82) is 0 Å². The van der Waals surface area contributed by atoms with Gasteiger partial charge in [-0.25, -0.2) is 29.9 Å². The maximum absolute atomic E-state index is 6.82. The number of hydrogen-bond acceptors (Lipinski definition) is 8. The summed E-state index contributed by atoms with van der Waals surface area (Å²) >= 11 is 1.85. The molecule has 25 rings (SSSR count). The van der Waals surface area contributed by atoms with Crippen molar-refractivity contribution in [3.63, 3.8) is 0 Å². The zero-order valence-electron chi connectivity index (χ0n) is 70.5. The molecule has 19 aromatic carbocycles. The molecule has 0 radical (unpaired) electrons. The minimum atomic E-state index is -0.493. The first-order valence-corrected chi connectivity index (χ1v) is 44.9. The molecule has 0 aliphatic heterocycles. The summed E-state index contributed by atoms with van der Waals surface area (Å²) in [5.74, 6) is 3.74. The van der Waals surface area contributed by atoms with Gasteiger partial charge in [0.05, 0.1) is 10.8 Å². The molecule has 608 valence electrons. The molecular weight excluding hydrogens is 1600 g/mol. The van der Waals surface area contributed by atoms with E-state index in [0.29, 0.717) is 34.9 Å². The third-order valence-corrected chi connectivity index (χ3v) is 27.2. The monoisotopic (exact) mass is 1670 g/mol. The van der Waals surface area contributed by atoms with Crippen LogP contribution in [0.15, 0.2) is 478 Å². The Morgan fingerprint density at radius 3 is 0.915 bits per heavy atom. The first-order valence-electron chi connectivity index (χ1n) is 44.1. The molecule has 23 aromatic rings. The average Bonchev–Trinajstić information content (AvgIpc) is 1.54. The molecule has 0 atom stereocenters. The SMILES string of the molecule is c1ccc(-c2ccc(-c3nc(-c4ccc(-c5ccccc5)cc4)nc(-c4ccccc4-c4ccc5sc6ccc(C7(c8ccccc8)c8ccccc8-c8ccccc87)cc6c5c4)n3)cc2)cc1.c1ccc(-c2cccc(-c3nc(-c4ccccc4)nc(-c4cccc(-c5ccc6c(c5)oc5cc(C7(c8ccccc8)c8ccccc8-c8ccccc87)ccc56)c4)n3)c2)cc1. The van der Waals surface area contributed by atoms with Crippen LogP contribution in [0.2, 0.25) is 0 Å². The number of rotatable bonds is 15. The number of benzene rings is 19. The van der Waals surface area contributed by atoms with E-state index in [9.17, 15) is 0 Å². The summed E-state index contributed by atoms with van der Waals surface area (Å²) in [5, 5.41) is 4.66. The molecule has 7 nitrogen and oxygen atoms in total. The molecule has 2 aliphatic rings. The van der Waals surface area contributed by atoms with Gasteiger partial charge in [0, 0.05) is 64.3 Å². The molecule has 0 N–H and O–H groups in total. The second-order valence-corrected chi connectivity index (χ2v) is 34.5. The highest BCUT2D eigenvalue weighted by Crippen LogP contribution is 2.59. The first kappa shape index (κ1) is 76.8. The van der Waals surface area contributed by atoms with Crippen molar-refractivity contribution in [3.8, 4) is 146 Å². The van der Waals surface area contributed by atoms with Gasteiger partial charge < -0.3 is 4.42 Å². The van der Waals surface area contributed by atoms with Crippen molar-refractivity contribution in [1.82, 2.24) is 29.9 Å². The Balaban J connectivity index is 0.000000145. The van der Waals surface area contributed by atoms with Crippen LogP contribution in [-0.2, 0) is 10.8 Å². The van der Waals surface area contributed by atoms with Crippen molar-refractivity contribution in [3.05, 3.63) is 518 Å². The largest absolute Gasteiger partial charge is 0.456 e. The lowest BCUT2D eigenvalue weighted by Gasteiger charge is -2.34. The first-order chi connectivity index (χ1) is 64.4. The summed E-state index contributed by atoms with van der Waals surface area (Å²) in [7, 11) is 0. The molecule has 8 heteroatoms. The van der Waals surface area contributed by atoms with E-state index in [2.05, 4.69) is 425 Å². The molecule has 0 spiro atoms. The van der Waals surface area contributed by atoms with Gasteiger partial charge in [0.2, 0.25) is 0 Å². The van der Waals surface area contributed by atoms with Crippen molar-refractivity contribution in [2.24, 2.45) is 0 Å². The van der Waals surface area contributed by atoms with Gasteiger partial charge in [-0.3, -0.25) is 0 Å². The minimum absolute atomic E-state index is 0.473. The highest BCUT2D eigenvalue weighted by molar-refractivity contribution is 7.25. The molecule has 0 unspecified atom stereocenters. The average molecular weight is 1680 g/mol. The Kier molecular flexibility index (Phi) is 19.1. The Bertz CT molecular complexity index is 8070. The molecule has 0 saturated carbocycles. The molecule has 2 aliphatic carbocycles. The van der Waals surface area contributed by atoms with Crippen LogP contribution in [0.25, 0.3) is 188 Å². The van der Waals surface area contributed by atoms with Gasteiger partial charge in [-0.1, -0.05) is 419 Å². The zero-order valence-corrected chi connectivity index (χ0v) is 71.3. The predicted octanol–water partition coefficient (Wildman–Crippen LogP) is 31.1. The van der Waals surface area contributed by atoms with E-state index in [4.69, 9.17) is 34.3 Å². The smallest absolute Gasteiger partial charge is 0.164 e. The van der Waals surface area contributed by atoms with E-state index in [1.807, 2.05) is 59.9 Å². The van der Waals surface area contributed by atoms with Gasteiger partial charge in [0.1, 0.15) is 11.2 Å². The number of hydrogen-bond donors (Lipinski definition) is 0. The summed E-state index contributed by atoms with van der Waals surface area (Å²) < 4.78 is 9.34. The highest BCUT2D eigenvalue weighted by atomic mass is 32.1. The Labute approximate surface area is 757 Å². The standard InChI is InChI=1S/C64H41N3S.C58H37N3O/c1-4-16-42(17-5-1)44-28-32-46(33-29-44)61-65-62(47-34-30-45(31-35-47)43-18-6-2-7-19-43)67-63(66-61)54-25-11-10-22-51(54)48-36-38-59-55(40-48)56-41-50(37-39-60(56)68-59)64(49-20-8-3-9-21-49)57-26-14-12-23-52(57)53-24-13-15-27-58(53)64;1-4-16-38(17-5-1)40-20-14-22-43(34-40)56-59-55(39-18-6-2-7-19-39)60-57(61-56)44-23-15-21-41(35-44)42-30-32-49-50-33-31-46(37-54(50)62-53(49)36-42)58(45-24-8-3-9-25-45)51-28-12-10-26-47(51)48-27-11-13-29-52(48)58/h1-41H;1-37H. The number of fused-ring (bicyclic) bond motifs is 12. The number of furan rings is 1. The van der Waals surface area contributed by atoms with E-state index in [-0.39, 0.29) is 0 Å².